The van der Waals surface area contributed by atoms with Crippen molar-refractivity contribution in [2.45, 2.75) is 39.7 Å². The average molecular weight is 427 g/mol. The molecule has 0 fully saturated rings. The lowest BCUT2D eigenvalue weighted by molar-refractivity contribution is 0.0507. The lowest BCUT2D eigenvalue weighted by atomic mass is 10.0. The molecule has 0 aromatic heterocycles. The topological polar surface area (TPSA) is 49.9 Å². The Morgan fingerprint density at radius 1 is 1.10 bits per heavy atom. The molecule has 2 aromatic carbocycles. The second kappa shape index (κ2) is 10.4. The quantitative estimate of drug-likeness (QED) is 0.719. The standard InChI is InChI=1S/C25H31FN2O3/c1-4-27-15-9-10-16-28(25(30)19-11-5-7-13-21(19)26)22(18(2)3)17-31-23-14-8-6-12-20(23)24(27)29/h5-8,11-14,18,22H,4,9-10,15-17H2,1-3H3/t22-/m1/s1. The van der Waals surface area contributed by atoms with Gasteiger partial charge in [0.2, 0.25) is 0 Å². The first-order valence-corrected chi connectivity index (χ1v) is 11.0. The molecule has 31 heavy (non-hydrogen) atoms. The zero-order valence-corrected chi connectivity index (χ0v) is 18.5. The van der Waals surface area contributed by atoms with Gasteiger partial charge in [-0.3, -0.25) is 9.59 Å². The number of carbonyl (C=O) groups is 2. The SMILES string of the molecule is CCN1CCCCN(C(=O)c2ccccc2F)[C@@H](C(C)C)COc2ccccc2C1=O. The van der Waals surface area contributed by atoms with Crippen LogP contribution >= 0.6 is 0 Å². The van der Waals surface area contributed by atoms with Gasteiger partial charge in [-0.1, -0.05) is 38.1 Å². The second-order valence-corrected chi connectivity index (χ2v) is 8.19. The van der Waals surface area contributed by atoms with Crippen LogP contribution in [0.3, 0.4) is 0 Å². The molecule has 0 saturated heterocycles. The van der Waals surface area contributed by atoms with Crippen molar-refractivity contribution in [1.29, 1.82) is 0 Å². The highest BCUT2D eigenvalue weighted by Crippen LogP contribution is 2.24. The fourth-order valence-corrected chi connectivity index (χ4v) is 3.95. The summed E-state index contributed by atoms with van der Waals surface area (Å²) in [5.41, 5.74) is 0.602. The maximum absolute atomic E-state index is 14.4. The van der Waals surface area contributed by atoms with E-state index in [-0.39, 0.29) is 35.9 Å². The highest BCUT2D eigenvalue weighted by molar-refractivity contribution is 5.97. The number of carbonyl (C=O) groups excluding carboxylic acids is 2. The maximum atomic E-state index is 14.4. The van der Waals surface area contributed by atoms with Crippen molar-refractivity contribution in [3.05, 3.63) is 65.5 Å². The molecule has 1 aliphatic rings. The van der Waals surface area contributed by atoms with Crippen molar-refractivity contribution >= 4 is 11.8 Å². The number of halogens is 1. The van der Waals surface area contributed by atoms with E-state index < -0.39 is 5.82 Å². The summed E-state index contributed by atoms with van der Waals surface area (Å²) in [5, 5.41) is 0. The number of hydrogen-bond donors (Lipinski definition) is 0. The van der Waals surface area contributed by atoms with Crippen LogP contribution in [0.5, 0.6) is 5.75 Å². The second-order valence-electron chi connectivity index (χ2n) is 8.19. The average Bonchev–Trinajstić information content (AvgIpc) is 2.76. The van der Waals surface area contributed by atoms with Gasteiger partial charge in [0.1, 0.15) is 18.2 Å². The third-order valence-electron chi connectivity index (χ3n) is 5.81. The number of rotatable bonds is 3. The minimum atomic E-state index is -0.518. The van der Waals surface area contributed by atoms with Crippen molar-refractivity contribution in [2.75, 3.05) is 26.2 Å². The number of hydrogen-bond acceptors (Lipinski definition) is 3. The van der Waals surface area contributed by atoms with Crippen LogP contribution < -0.4 is 4.74 Å². The van der Waals surface area contributed by atoms with Crippen LogP contribution in [0.2, 0.25) is 0 Å². The summed E-state index contributed by atoms with van der Waals surface area (Å²) in [6, 6.07) is 13.1. The third-order valence-corrected chi connectivity index (χ3v) is 5.81. The number of para-hydroxylation sites is 1. The summed E-state index contributed by atoms with van der Waals surface area (Å²) in [6.45, 7) is 7.91. The van der Waals surface area contributed by atoms with E-state index in [1.54, 1.807) is 34.1 Å². The summed E-state index contributed by atoms with van der Waals surface area (Å²) >= 11 is 0. The van der Waals surface area contributed by atoms with Gasteiger partial charge < -0.3 is 14.5 Å². The highest BCUT2D eigenvalue weighted by atomic mass is 19.1. The van der Waals surface area contributed by atoms with Gasteiger partial charge in [-0.2, -0.15) is 0 Å². The Bertz CT molecular complexity index is 915. The molecule has 1 aliphatic heterocycles. The number of benzene rings is 2. The van der Waals surface area contributed by atoms with Crippen LogP contribution in [0.15, 0.2) is 48.5 Å². The summed E-state index contributed by atoms with van der Waals surface area (Å²) in [5.74, 6) is -0.285. The van der Waals surface area contributed by atoms with Gasteiger partial charge in [-0.05, 0) is 49.9 Å². The van der Waals surface area contributed by atoms with E-state index >= 15 is 0 Å². The van der Waals surface area contributed by atoms with E-state index in [1.807, 2.05) is 32.9 Å². The first-order chi connectivity index (χ1) is 14.9. The number of fused-ring (bicyclic) bond motifs is 1. The summed E-state index contributed by atoms with van der Waals surface area (Å²) in [4.78, 5) is 29.9. The van der Waals surface area contributed by atoms with Gasteiger partial charge in [0, 0.05) is 19.6 Å². The Kier molecular flexibility index (Phi) is 7.66. The molecule has 166 valence electrons. The predicted molar refractivity (Wildman–Crippen MR) is 119 cm³/mol. The van der Waals surface area contributed by atoms with Gasteiger partial charge in [-0.25, -0.2) is 4.39 Å². The number of amides is 2. The van der Waals surface area contributed by atoms with Crippen LogP contribution in [-0.4, -0.2) is 53.9 Å². The molecule has 6 heteroatoms. The van der Waals surface area contributed by atoms with Crippen molar-refractivity contribution in [1.82, 2.24) is 9.80 Å². The smallest absolute Gasteiger partial charge is 0.257 e. The lowest BCUT2D eigenvalue weighted by Crippen LogP contribution is -2.48. The van der Waals surface area contributed by atoms with E-state index in [9.17, 15) is 14.0 Å². The van der Waals surface area contributed by atoms with E-state index in [2.05, 4.69) is 0 Å². The van der Waals surface area contributed by atoms with Crippen LogP contribution in [0.4, 0.5) is 4.39 Å². The van der Waals surface area contributed by atoms with Crippen LogP contribution in [-0.2, 0) is 0 Å². The van der Waals surface area contributed by atoms with Gasteiger partial charge in [-0.15, -0.1) is 0 Å². The molecule has 1 heterocycles. The van der Waals surface area contributed by atoms with Gasteiger partial charge in [0.05, 0.1) is 17.2 Å². The third kappa shape index (κ3) is 5.24. The molecule has 0 saturated carbocycles. The molecule has 1 atom stereocenters. The molecule has 3 rings (SSSR count). The minimum Gasteiger partial charge on any atom is -0.491 e. The Hall–Kier alpha value is -2.89. The number of nitrogens with zero attached hydrogens (tertiary/aromatic N) is 2. The Morgan fingerprint density at radius 2 is 1.77 bits per heavy atom. The first kappa shape index (κ1) is 22.8. The van der Waals surface area contributed by atoms with Crippen LogP contribution in [0, 0.1) is 11.7 Å². The molecular weight excluding hydrogens is 395 g/mol. The van der Waals surface area contributed by atoms with Gasteiger partial charge in [0.15, 0.2) is 0 Å². The fraction of sp³-hybridized carbons (Fsp3) is 0.440. The molecule has 0 radical (unpaired) electrons. The lowest BCUT2D eigenvalue weighted by Gasteiger charge is -2.35. The van der Waals surface area contributed by atoms with Crippen molar-refractivity contribution in [3.8, 4) is 5.75 Å². The monoisotopic (exact) mass is 426 g/mol. The van der Waals surface area contributed by atoms with Crippen molar-refractivity contribution < 1.29 is 18.7 Å². The summed E-state index contributed by atoms with van der Waals surface area (Å²) < 4.78 is 20.5. The molecular formula is C25H31FN2O3. The Balaban J connectivity index is 1.96. The normalized spacial score (nSPS) is 18.1. The van der Waals surface area contributed by atoms with Crippen molar-refractivity contribution in [2.24, 2.45) is 5.92 Å². The Labute approximate surface area is 183 Å². The minimum absolute atomic E-state index is 0.0425. The summed E-state index contributed by atoms with van der Waals surface area (Å²) in [6.07, 6.45) is 1.48. The molecule has 0 spiro atoms. The largest absolute Gasteiger partial charge is 0.491 e. The van der Waals surface area contributed by atoms with E-state index in [0.717, 1.165) is 12.8 Å². The molecule has 0 bridgehead atoms. The van der Waals surface area contributed by atoms with Gasteiger partial charge in [0.25, 0.3) is 11.8 Å². The molecule has 0 unspecified atom stereocenters. The zero-order chi connectivity index (χ0) is 22.4. The molecule has 2 aromatic rings. The van der Waals surface area contributed by atoms with Crippen LogP contribution in [0.25, 0.3) is 0 Å². The maximum Gasteiger partial charge on any atom is 0.257 e. The highest BCUT2D eigenvalue weighted by Gasteiger charge is 2.30. The molecule has 2 amide bonds. The molecule has 0 N–H and O–H groups in total. The zero-order valence-electron chi connectivity index (χ0n) is 18.5. The van der Waals surface area contributed by atoms with E-state index in [0.29, 0.717) is 30.9 Å². The van der Waals surface area contributed by atoms with E-state index in [4.69, 9.17) is 4.74 Å². The molecule has 5 nitrogen and oxygen atoms in total. The van der Waals surface area contributed by atoms with Crippen LogP contribution in [0.1, 0.15) is 54.3 Å². The molecule has 0 aliphatic carbocycles. The van der Waals surface area contributed by atoms with Gasteiger partial charge >= 0.3 is 0 Å². The fourth-order valence-electron chi connectivity index (χ4n) is 3.95. The summed E-state index contributed by atoms with van der Waals surface area (Å²) in [7, 11) is 0. The predicted octanol–water partition coefficient (Wildman–Crippen LogP) is 4.63. The number of ether oxygens (including phenoxy) is 1. The first-order valence-electron chi connectivity index (χ1n) is 11.0. The Morgan fingerprint density at radius 3 is 2.48 bits per heavy atom. The van der Waals surface area contributed by atoms with Crippen molar-refractivity contribution in [3.63, 3.8) is 0 Å². The van der Waals surface area contributed by atoms with E-state index in [1.165, 1.54) is 12.1 Å².